The lowest BCUT2D eigenvalue weighted by Crippen LogP contribution is -2.27. The zero-order valence-corrected chi connectivity index (χ0v) is 15.6. The number of carbonyl (C=O) groups is 1. The second-order valence-electron chi connectivity index (χ2n) is 5.62. The lowest BCUT2D eigenvalue weighted by molar-refractivity contribution is 0.102. The van der Waals surface area contributed by atoms with Crippen molar-refractivity contribution in [2.45, 2.75) is 6.92 Å². The van der Waals surface area contributed by atoms with Crippen molar-refractivity contribution in [3.05, 3.63) is 53.0 Å². The first-order valence-electron chi connectivity index (χ1n) is 7.47. The first-order chi connectivity index (χ1) is 11.8. The Morgan fingerprint density at radius 1 is 1.20 bits per heavy atom. The average Bonchev–Trinajstić information content (AvgIpc) is 2.92. The van der Waals surface area contributed by atoms with Crippen LogP contribution in [-0.2, 0) is 10.0 Å². The third-order valence-electron chi connectivity index (χ3n) is 3.74. The Morgan fingerprint density at radius 2 is 1.92 bits per heavy atom. The molecule has 0 spiro atoms. The number of benzene rings is 2. The van der Waals surface area contributed by atoms with Crippen LogP contribution < -0.4 is 9.62 Å². The SMILES string of the molecule is Cc1nc2ccc(NC(=O)c3ccccc3N(C)S(C)(=O)=O)cc2s1. The van der Waals surface area contributed by atoms with E-state index in [2.05, 4.69) is 10.3 Å². The van der Waals surface area contributed by atoms with Crippen molar-refractivity contribution in [3.63, 3.8) is 0 Å². The fourth-order valence-corrected chi connectivity index (χ4v) is 3.82. The summed E-state index contributed by atoms with van der Waals surface area (Å²) >= 11 is 1.55. The van der Waals surface area contributed by atoms with Crippen molar-refractivity contribution < 1.29 is 13.2 Å². The lowest BCUT2D eigenvalue weighted by atomic mass is 10.1. The van der Waals surface area contributed by atoms with Crippen molar-refractivity contribution >= 4 is 48.9 Å². The number of aromatic nitrogens is 1. The first-order valence-corrected chi connectivity index (χ1v) is 10.1. The van der Waals surface area contributed by atoms with Crippen LogP contribution in [-0.4, -0.2) is 32.6 Å². The van der Waals surface area contributed by atoms with Crippen LogP contribution in [0.15, 0.2) is 42.5 Å². The van der Waals surface area contributed by atoms with Gasteiger partial charge in [0, 0.05) is 12.7 Å². The molecule has 0 atom stereocenters. The van der Waals surface area contributed by atoms with Crippen LogP contribution in [0, 0.1) is 6.92 Å². The Hall–Kier alpha value is -2.45. The number of nitrogens with zero attached hydrogens (tertiary/aromatic N) is 2. The highest BCUT2D eigenvalue weighted by Crippen LogP contribution is 2.26. The molecule has 0 aliphatic rings. The molecule has 0 unspecified atom stereocenters. The van der Waals surface area contributed by atoms with Gasteiger partial charge in [-0.25, -0.2) is 13.4 Å². The van der Waals surface area contributed by atoms with E-state index in [1.807, 2.05) is 19.1 Å². The number of nitrogens with one attached hydrogen (secondary N) is 1. The molecule has 6 nitrogen and oxygen atoms in total. The number of hydrogen-bond acceptors (Lipinski definition) is 5. The van der Waals surface area contributed by atoms with Gasteiger partial charge in [-0.05, 0) is 37.3 Å². The molecule has 0 saturated carbocycles. The summed E-state index contributed by atoms with van der Waals surface area (Å²) < 4.78 is 25.7. The maximum Gasteiger partial charge on any atom is 0.257 e. The molecule has 0 radical (unpaired) electrons. The minimum atomic E-state index is -3.46. The molecule has 1 N–H and O–H groups in total. The molecule has 0 saturated heterocycles. The number of aryl methyl sites for hydroxylation is 1. The molecule has 8 heteroatoms. The van der Waals surface area contributed by atoms with Gasteiger partial charge in [0.1, 0.15) is 0 Å². The molecule has 25 heavy (non-hydrogen) atoms. The van der Waals surface area contributed by atoms with Gasteiger partial charge < -0.3 is 5.32 Å². The number of rotatable bonds is 4. The highest BCUT2D eigenvalue weighted by molar-refractivity contribution is 7.92. The third-order valence-corrected chi connectivity index (χ3v) is 5.86. The van der Waals surface area contributed by atoms with Crippen LogP contribution in [0.1, 0.15) is 15.4 Å². The molecule has 1 amide bonds. The van der Waals surface area contributed by atoms with Gasteiger partial charge in [-0.3, -0.25) is 9.10 Å². The van der Waals surface area contributed by atoms with Gasteiger partial charge in [0.05, 0.1) is 32.7 Å². The van der Waals surface area contributed by atoms with E-state index >= 15 is 0 Å². The Labute approximate surface area is 150 Å². The number of fused-ring (bicyclic) bond motifs is 1. The summed E-state index contributed by atoms with van der Waals surface area (Å²) in [6.45, 7) is 1.93. The molecule has 0 aliphatic carbocycles. The molecule has 0 aliphatic heterocycles. The van der Waals surface area contributed by atoms with Crippen LogP contribution in [0.5, 0.6) is 0 Å². The number of amides is 1. The molecule has 3 rings (SSSR count). The fourth-order valence-electron chi connectivity index (χ4n) is 2.43. The monoisotopic (exact) mass is 375 g/mol. The zero-order chi connectivity index (χ0) is 18.2. The van der Waals surface area contributed by atoms with Crippen LogP contribution in [0.25, 0.3) is 10.2 Å². The van der Waals surface area contributed by atoms with Gasteiger partial charge in [-0.15, -0.1) is 11.3 Å². The largest absolute Gasteiger partial charge is 0.322 e. The maximum absolute atomic E-state index is 12.7. The molecule has 3 aromatic rings. The molecular weight excluding hydrogens is 358 g/mol. The van der Waals surface area contributed by atoms with E-state index in [1.165, 1.54) is 7.05 Å². The normalized spacial score (nSPS) is 11.5. The predicted octanol–water partition coefficient (Wildman–Crippen LogP) is 3.25. The summed E-state index contributed by atoms with van der Waals surface area (Å²) in [5.41, 5.74) is 2.14. The van der Waals surface area contributed by atoms with Crippen LogP contribution in [0.4, 0.5) is 11.4 Å². The molecule has 2 aromatic carbocycles. The Kier molecular flexibility index (Phi) is 4.49. The summed E-state index contributed by atoms with van der Waals surface area (Å²) in [4.78, 5) is 17.1. The van der Waals surface area contributed by atoms with E-state index in [1.54, 1.807) is 41.7 Å². The summed E-state index contributed by atoms with van der Waals surface area (Å²) in [5.74, 6) is -0.369. The van der Waals surface area contributed by atoms with Crippen LogP contribution in [0.2, 0.25) is 0 Å². The highest BCUT2D eigenvalue weighted by Gasteiger charge is 2.19. The molecule has 1 aromatic heterocycles. The summed E-state index contributed by atoms with van der Waals surface area (Å²) in [5, 5.41) is 3.78. The minimum Gasteiger partial charge on any atom is -0.322 e. The van der Waals surface area contributed by atoms with E-state index in [0.29, 0.717) is 11.4 Å². The van der Waals surface area contributed by atoms with Gasteiger partial charge in [0.25, 0.3) is 5.91 Å². The quantitative estimate of drug-likeness (QED) is 0.759. The van der Waals surface area contributed by atoms with E-state index in [9.17, 15) is 13.2 Å². The molecule has 0 fully saturated rings. The Morgan fingerprint density at radius 3 is 2.64 bits per heavy atom. The van der Waals surface area contributed by atoms with E-state index in [4.69, 9.17) is 0 Å². The Bertz CT molecular complexity index is 1060. The van der Waals surface area contributed by atoms with Crippen molar-refractivity contribution in [1.82, 2.24) is 4.98 Å². The van der Waals surface area contributed by atoms with Crippen molar-refractivity contribution in [1.29, 1.82) is 0 Å². The van der Waals surface area contributed by atoms with E-state index < -0.39 is 10.0 Å². The number of anilines is 2. The maximum atomic E-state index is 12.7. The number of para-hydroxylation sites is 1. The summed E-state index contributed by atoms with van der Waals surface area (Å²) in [6.07, 6.45) is 1.10. The summed E-state index contributed by atoms with van der Waals surface area (Å²) in [7, 11) is -2.04. The van der Waals surface area contributed by atoms with Crippen LogP contribution in [0.3, 0.4) is 0 Å². The van der Waals surface area contributed by atoms with Gasteiger partial charge in [-0.1, -0.05) is 12.1 Å². The molecule has 130 valence electrons. The fraction of sp³-hybridized carbons (Fsp3) is 0.176. The van der Waals surface area contributed by atoms with Crippen molar-refractivity contribution in [2.75, 3.05) is 22.9 Å². The number of hydrogen-bond donors (Lipinski definition) is 1. The summed E-state index contributed by atoms with van der Waals surface area (Å²) in [6, 6.07) is 12.1. The van der Waals surface area contributed by atoms with E-state index in [-0.39, 0.29) is 11.5 Å². The molecule has 1 heterocycles. The highest BCUT2D eigenvalue weighted by atomic mass is 32.2. The first kappa shape index (κ1) is 17.4. The topological polar surface area (TPSA) is 79.4 Å². The Balaban J connectivity index is 1.93. The number of carbonyl (C=O) groups excluding carboxylic acids is 1. The van der Waals surface area contributed by atoms with Crippen LogP contribution >= 0.6 is 11.3 Å². The third kappa shape index (κ3) is 3.64. The zero-order valence-electron chi connectivity index (χ0n) is 14.0. The van der Waals surface area contributed by atoms with Crippen molar-refractivity contribution in [2.24, 2.45) is 0 Å². The predicted molar refractivity (Wildman–Crippen MR) is 102 cm³/mol. The van der Waals surface area contributed by atoms with Crippen molar-refractivity contribution in [3.8, 4) is 0 Å². The minimum absolute atomic E-state index is 0.288. The molecule has 0 bridgehead atoms. The number of thiazole rings is 1. The average molecular weight is 375 g/mol. The van der Waals surface area contributed by atoms with E-state index in [0.717, 1.165) is 25.8 Å². The molecular formula is C17H17N3O3S2. The second kappa shape index (κ2) is 6.45. The second-order valence-corrected chi connectivity index (χ2v) is 8.87. The van der Waals surface area contributed by atoms with Gasteiger partial charge in [0.2, 0.25) is 10.0 Å². The van der Waals surface area contributed by atoms with Gasteiger partial charge in [-0.2, -0.15) is 0 Å². The smallest absolute Gasteiger partial charge is 0.257 e. The number of sulfonamides is 1. The van der Waals surface area contributed by atoms with Gasteiger partial charge in [0.15, 0.2) is 0 Å². The standard InChI is InChI=1S/C17H17N3O3S2/c1-11-18-14-9-8-12(10-16(14)24-11)19-17(21)13-6-4-5-7-15(13)20(2)25(3,22)23/h4-10H,1-3H3,(H,19,21). The van der Waals surface area contributed by atoms with Gasteiger partial charge >= 0.3 is 0 Å². The lowest BCUT2D eigenvalue weighted by Gasteiger charge is -2.19.